The van der Waals surface area contributed by atoms with Gasteiger partial charge in [0.2, 0.25) is 0 Å². The van der Waals surface area contributed by atoms with Crippen LogP contribution in [0.15, 0.2) is 24.3 Å². The van der Waals surface area contributed by atoms with Crippen LogP contribution in [0.5, 0.6) is 0 Å². The third-order valence-corrected chi connectivity index (χ3v) is 3.07. The van der Waals surface area contributed by atoms with Gasteiger partial charge in [0.15, 0.2) is 5.78 Å². The lowest BCUT2D eigenvalue weighted by Gasteiger charge is -2.11. The van der Waals surface area contributed by atoms with E-state index in [0.29, 0.717) is 6.10 Å². The van der Waals surface area contributed by atoms with Crippen molar-refractivity contribution in [3.8, 4) is 0 Å². The van der Waals surface area contributed by atoms with E-state index in [9.17, 15) is 4.79 Å². The number of hydrogen-bond donors (Lipinski definition) is 0. The van der Waals surface area contributed by atoms with E-state index in [1.54, 1.807) is 6.92 Å². The summed E-state index contributed by atoms with van der Waals surface area (Å²) >= 11 is 0. The van der Waals surface area contributed by atoms with E-state index in [4.69, 9.17) is 4.74 Å². The van der Waals surface area contributed by atoms with Crippen molar-refractivity contribution in [2.45, 2.75) is 52.6 Å². The molecular formula is C16H24O2. The predicted molar refractivity (Wildman–Crippen MR) is 75.1 cm³/mol. The molecular weight excluding hydrogens is 224 g/mol. The second kappa shape index (κ2) is 8.04. The normalized spacial score (nSPS) is 12.4. The highest BCUT2D eigenvalue weighted by Crippen LogP contribution is 2.08. The molecule has 0 aromatic heterocycles. The van der Waals surface area contributed by atoms with Gasteiger partial charge in [-0.05, 0) is 38.7 Å². The first-order chi connectivity index (χ1) is 8.63. The second-order valence-electron chi connectivity index (χ2n) is 4.83. The first-order valence-electron chi connectivity index (χ1n) is 6.85. The largest absolute Gasteiger partial charge is 0.378 e. The van der Waals surface area contributed by atoms with Crippen LogP contribution in [0, 0.1) is 0 Å². The molecule has 0 N–H and O–H groups in total. The topological polar surface area (TPSA) is 26.3 Å². The molecule has 0 bridgehead atoms. The molecule has 18 heavy (non-hydrogen) atoms. The van der Waals surface area contributed by atoms with Crippen LogP contribution in [0.4, 0.5) is 0 Å². The maximum Gasteiger partial charge on any atom is 0.159 e. The molecule has 2 nitrogen and oxygen atoms in total. The van der Waals surface area contributed by atoms with E-state index < -0.39 is 0 Å². The highest BCUT2D eigenvalue weighted by Gasteiger charge is 2.01. The van der Waals surface area contributed by atoms with Gasteiger partial charge in [0.05, 0.1) is 6.10 Å². The number of ether oxygens (including phenoxy) is 1. The summed E-state index contributed by atoms with van der Waals surface area (Å²) in [5, 5.41) is 0. The molecule has 1 unspecified atom stereocenters. The molecule has 0 radical (unpaired) electrons. The zero-order chi connectivity index (χ0) is 13.4. The number of carbonyl (C=O) groups is 1. The van der Waals surface area contributed by atoms with Crippen molar-refractivity contribution in [3.05, 3.63) is 35.4 Å². The highest BCUT2D eigenvalue weighted by molar-refractivity contribution is 5.93. The smallest absolute Gasteiger partial charge is 0.159 e. The van der Waals surface area contributed by atoms with Gasteiger partial charge in [0.25, 0.3) is 0 Å². The second-order valence-corrected chi connectivity index (χ2v) is 4.83. The summed E-state index contributed by atoms with van der Waals surface area (Å²) in [7, 11) is 0. The molecule has 0 saturated carbocycles. The first kappa shape index (κ1) is 14.9. The Kier molecular flexibility index (Phi) is 6.66. The van der Waals surface area contributed by atoms with Gasteiger partial charge in [-0.2, -0.15) is 0 Å². The highest BCUT2D eigenvalue weighted by atomic mass is 16.5. The fourth-order valence-corrected chi connectivity index (χ4v) is 1.96. The maximum absolute atomic E-state index is 11.1. The molecule has 0 aliphatic rings. The van der Waals surface area contributed by atoms with Crippen molar-refractivity contribution >= 4 is 5.78 Å². The van der Waals surface area contributed by atoms with Crippen LogP contribution in [-0.2, 0) is 11.2 Å². The van der Waals surface area contributed by atoms with Crippen LogP contribution < -0.4 is 0 Å². The van der Waals surface area contributed by atoms with Crippen molar-refractivity contribution in [1.29, 1.82) is 0 Å². The Bertz CT molecular complexity index is 354. The van der Waals surface area contributed by atoms with Crippen molar-refractivity contribution in [2.75, 3.05) is 6.61 Å². The van der Waals surface area contributed by atoms with E-state index in [2.05, 4.69) is 13.8 Å². The molecule has 0 fully saturated rings. The molecule has 1 aromatic rings. The van der Waals surface area contributed by atoms with Gasteiger partial charge in [0.1, 0.15) is 0 Å². The minimum absolute atomic E-state index is 0.123. The average Bonchev–Trinajstić information content (AvgIpc) is 2.35. The summed E-state index contributed by atoms with van der Waals surface area (Å²) < 4.78 is 5.71. The molecule has 2 heteroatoms. The molecule has 0 saturated heterocycles. The van der Waals surface area contributed by atoms with Gasteiger partial charge in [-0.15, -0.1) is 0 Å². The number of ketones is 1. The van der Waals surface area contributed by atoms with Gasteiger partial charge >= 0.3 is 0 Å². The van der Waals surface area contributed by atoms with Gasteiger partial charge in [-0.25, -0.2) is 0 Å². The summed E-state index contributed by atoms with van der Waals surface area (Å²) in [6.07, 6.45) is 4.72. The quantitative estimate of drug-likeness (QED) is 0.513. The van der Waals surface area contributed by atoms with Crippen molar-refractivity contribution in [3.63, 3.8) is 0 Å². The van der Waals surface area contributed by atoms with E-state index in [1.165, 1.54) is 12.0 Å². The third-order valence-electron chi connectivity index (χ3n) is 3.07. The summed E-state index contributed by atoms with van der Waals surface area (Å²) in [5.74, 6) is 0.123. The molecule has 0 amide bonds. The van der Waals surface area contributed by atoms with Gasteiger partial charge in [0, 0.05) is 12.2 Å². The Balaban J connectivity index is 2.25. The summed E-state index contributed by atoms with van der Waals surface area (Å²) in [4.78, 5) is 11.1. The van der Waals surface area contributed by atoms with E-state index in [-0.39, 0.29) is 5.78 Å². The molecule has 1 aromatic carbocycles. The van der Waals surface area contributed by atoms with E-state index >= 15 is 0 Å². The Hall–Kier alpha value is -1.15. The number of benzene rings is 1. The lowest BCUT2D eigenvalue weighted by atomic mass is 10.1. The molecule has 1 rings (SSSR count). The average molecular weight is 248 g/mol. The zero-order valence-electron chi connectivity index (χ0n) is 11.7. The number of aryl methyl sites for hydroxylation is 1. The summed E-state index contributed by atoms with van der Waals surface area (Å²) in [6.45, 7) is 6.72. The lowest BCUT2D eigenvalue weighted by Crippen LogP contribution is -2.09. The van der Waals surface area contributed by atoms with Crippen LogP contribution in [-0.4, -0.2) is 18.5 Å². The Morgan fingerprint density at radius 2 is 1.94 bits per heavy atom. The lowest BCUT2D eigenvalue weighted by molar-refractivity contribution is 0.0583. The van der Waals surface area contributed by atoms with E-state index in [0.717, 1.165) is 31.4 Å². The fourth-order valence-electron chi connectivity index (χ4n) is 1.96. The number of hydrogen-bond acceptors (Lipinski definition) is 2. The van der Waals surface area contributed by atoms with E-state index in [1.807, 2.05) is 24.3 Å². The SMILES string of the molecule is CCCC(C)OCCCc1ccc(C(C)=O)cc1. The molecule has 0 heterocycles. The third kappa shape index (κ3) is 5.46. The number of rotatable bonds is 8. The summed E-state index contributed by atoms with van der Waals surface area (Å²) in [5.41, 5.74) is 2.05. The molecule has 0 aliphatic carbocycles. The van der Waals surface area contributed by atoms with Crippen LogP contribution in [0.25, 0.3) is 0 Å². The molecule has 0 spiro atoms. The zero-order valence-corrected chi connectivity index (χ0v) is 11.7. The monoisotopic (exact) mass is 248 g/mol. The molecule has 100 valence electrons. The van der Waals surface area contributed by atoms with Crippen molar-refractivity contribution < 1.29 is 9.53 Å². The van der Waals surface area contributed by atoms with Crippen molar-refractivity contribution in [1.82, 2.24) is 0 Å². The Morgan fingerprint density at radius 3 is 2.50 bits per heavy atom. The Morgan fingerprint density at radius 1 is 1.28 bits per heavy atom. The number of Topliss-reactive ketones (excluding diaryl/α,β-unsaturated/α-hetero) is 1. The van der Waals surface area contributed by atoms with Gasteiger partial charge < -0.3 is 4.74 Å². The fraction of sp³-hybridized carbons (Fsp3) is 0.562. The molecule has 0 aliphatic heterocycles. The standard InChI is InChI=1S/C16H24O2/c1-4-6-13(2)18-12-5-7-15-8-10-16(11-9-15)14(3)17/h8-11,13H,4-7,12H2,1-3H3. The summed E-state index contributed by atoms with van der Waals surface area (Å²) in [6, 6.07) is 7.87. The first-order valence-corrected chi connectivity index (χ1v) is 6.85. The van der Waals surface area contributed by atoms with Crippen LogP contribution in [0.3, 0.4) is 0 Å². The van der Waals surface area contributed by atoms with Crippen LogP contribution >= 0.6 is 0 Å². The minimum Gasteiger partial charge on any atom is -0.378 e. The molecule has 1 atom stereocenters. The minimum atomic E-state index is 0.123. The predicted octanol–water partition coefficient (Wildman–Crippen LogP) is 4.03. The van der Waals surface area contributed by atoms with Gasteiger partial charge in [-0.1, -0.05) is 37.6 Å². The van der Waals surface area contributed by atoms with Crippen LogP contribution in [0.1, 0.15) is 56.0 Å². The van der Waals surface area contributed by atoms with Crippen LogP contribution in [0.2, 0.25) is 0 Å². The number of carbonyl (C=O) groups excluding carboxylic acids is 1. The van der Waals surface area contributed by atoms with Gasteiger partial charge in [-0.3, -0.25) is 4.79 Å². The van der Waals surface area contributed by atoms with Crippen molar-refractivity contribution in [2.24, 2.45) is 0 Å². The Labute approximate surface area is 110 Å². The maximum atomic E-state index is 11.1.